The molecule has 0 bridgehead atoms. The maximum absolute atomic E-state index is 9.93. The van der Waals surface area contributed by atoms with Crippen molar-refractivity contribution >= 4 is 39.9 Å². The van der Waals surface area contributed by atoms with Gasteiger partial charge in [0.2, 0.25) is 0 Å². The molecule has 0 saturated carbocycles. The summed E-state index contributed by atoms with van der Waals surface area (Å²) >= 11 is 12.6. The van der Waals surface area contributed by atoms with E-state index in [1.165, 1.54) is 0 Å². The summed E-state index contributed by atoms with van der Waals surface area (Å²) in [5.41, 5.74) is 2.12. The summed E-state index contributed by atoms with van der Waals surface area (Å²) in [7, 11) is 0. The standard InChI is InChI=1S/C27H29Cl2N5O3/c1-16(24-20(28)11-30-12-21(24)29)37-18-6-7-22-19(9-18)25(33-32-22)17-5-8-23(31-10-17)34-13-27(4,14-34)36-15-26(2,3)35/h5-12,16,35H,13-15H2,1-4H3,(H,32,33)/t16-/m1/s1. The van der Waals surface area contributed by atoms with E-state index in [1.807, 2.05) is 43.5 Å². The average molecular weight is 542 g/mol. The third-order valence-corrected chi connectivity index (χ3v) is 6.92. The van der Waals surface area contributed by atoms with Gasteiger partial charge >= 0.3 is 0 Å². The molecule has 4 aromatic rings. The van der Waals surface area contributed by atoms with Gasteiger partial charge in [0.25, 0.3) is 0 Å². The van der Waals surface area contributed by atoms with Crippen LogP contribution in [0.1, 0.15) is 39.4 Å². The minimum atomic E-state index is -0.849. The van der Waals surface area contributed by atoms with Crippen molar-refractivity contribution in [3.8, 4) is 17.0 Å². The zero-order valence-corrected chi connectivity index (χ0v) is 22.6. The molecule has 37 heavy (non-hydrogen) atoms. The van der Waals surface area contributed by atoms with E-state index in [0.29, 0.717) is 41.1 Å². The fourth-order valence-corrected chi connectivity index (χ4v) is 5.11. The summed E-state index contributed by atoms with van der Waals surface area (Å²) in [6.45, 7) is 9.16. The summed E-state index contributed by atoms with van der Waals surface area (Å²) in [4.78, 5) is 10.8. The smallest absolute Gasteiger partial charge is 0.128 e. The van der Waals surface area contributed by atoms with Crippen molar-refractivity contribution in [2.45, 2.75) is 45.0 Å². The van der Waals surface area contributed by atoms with Crippen molar-refractivity contribution < 1.29 is 14.6 Å². The normalized spacial score (nSPS) is 16.0. The maximum atomic E-state index is 9.93. The number of nitrogens with zero attached hydrogens (tertiary/aromatic N) is 4. The van der Waals surface area contributed by atoms with Crippen LogP contribution in [0.15, 0.2) is 48.9 Å². The van der Waals surface area contributed by atoms with Crippen molar-refractivity contribution in [2.75, 3.05) is 24.6 Å². The molecule has 1 aliphatic heterocycles. The zero-order valence-electron chi connectivity index (χ0n) is 21.1. The van der Waals surface area contributed by atoms with Crippen molar-refractivity contribution in [3.05, 3.63) is 64.5 Å². The minimum absolute atomic E-state index is 0.295. The summed E-state index contributed by atoms with van der Waals surface area (Å²) < 4.78 is 12.1. The van der Waals surface area contributed by atoms with Gasteiger partial charge in [0.1, 0.15) is 29.0 Å². The topological polar surface area (TPSA) is 96.4 Å². The number of halogens is 2. The highest BCUT2D eigenvalue weighted by Gasteiger charge is 2.41. The van der Waals surface area contributed by atoms with Gasteiger partial charge in [0.15, 0.2) is 0 Å². The second kappa shape index (κ2) is 9.76. The van der Waals surface area contributed by atoms with Crippen LogP contribution in [-0.2, 0) is 4.74 Å². The second-order valence-corrected chi connectivity index (χ2v) is 11.2. The van der Waals surface area contributed by atoms with Crippen LogP contribution in [0.3, 0.4) is 0 Å². The fraction of sp³-hybridized carbons (Fsp3) is 0.370. The van der Waals surface area contributed by atoms with Gasteiger partial charge in [-0.25, -0.2) is 4.98 Å². The molecule has 2 N–H and O–H groups in total. The molecular weight excluding hydrogens is 513 g/mol. The number of anilines is 1. The van der Waals surface area contributed by atoms with Crippen LogP contribution in [-0.4, -0.2) is 56.2 Å². The molecule has 0 spiro atoms. The number of ether oxygens (including phenoxy) is 2. The lowest BCUT2D eigenvalue weighted by Gasteiger charge is -2.48. The van der Waals surface area contributed by atoms with Crippen LogP contribution in [0.5, 0.6) is 5.75 Å². The highest BCUT2D eigenvalue weighted by Crippen LogP contribution is 2.35. The largest absolute Gasteiger partial charge is 0.486 e. The molecule has 0 radical (unpaired) electrons. The van der Waals surface area contributed by atoms with Gasteiger partial charge in [-0.15, -0.1) is 0 Å². The third-order valence-electron chi connectivity index (χ3n) is 6.31. The molecule has 10 heteroatoms. The van der Waals surface area contributed by atoms with Gasteiger partial charge in [-0.3, -0.25) is 10.1 Å². The first-order chi connectivity index (χ1) is 17.5. The van der Waals surface area contributed by atoms with E-state index in [9.17, 15) is 5.11 Å². The molecule has 194 valence electrons. The first-order valence-corrected chi connectivity index (χ1v) is 12.8. The Kier molecular flexibility index (Phi) is 6.79. The van der Waals surface area contributed by atoms with Gasteiger partial charge in [0, 0.05) is 48.2 Å². The highest BCUT2D eigenvalue weighted by atomic mass is 35.5. The van der Waals surface area contributed by atoms with Crippen molar-refractivity contribution in [1.29, 1.82) is 0 Å². The molecule has 4 heterocycles. The fourth-order valence-electron chi connectivity index (χ4n) is 4.44. The van der Waals surface area contributed by atoms with Crippen LogP contribution in [0.2, 0.25) is 10.0 Å². The van der Waals surface area contributed by atoms with E-state index in [0.717, 1.165) is 28.0 Å². The predicted molar refractivity (Wildman–Crippen MR) is 145 cm³/mol. The number of hydrogen-bond donors (Lipinski definition) is 2. The third kappa shape index (κ3) is 5.52. The molecule has 1 aliphatic rings. The summed E-state index contributed by atoms with van der Waals surface area (Å²) in [5, 5.41) is 19.4. The summed E-state index contributed by atoms with van der Waals surface area (Å²) in [5.74, 6) is 1.54. The van der Waals surface area contributed by atoms with Crippen LogP contribution in [0.4, 0.5) is 5.82 Å². The Morgan fingerprint density at radius 3 is 2.51 bits per heavy atom. The Hall–Kier alpha value is -2.91. The number of nitrogens with one attached hydrogen (secondary N) is 1. The van der Waals surface area contributed by atoms with Crippen LogP contribution in [0, 0.1) is 0 Å². The Labute approximate surface area is 225 Å². The van der Waals surface area contributed by atoms with E-state index >= 15 is 0 Å². The number of benzene rings is 1. The molecule has 0 amide bonds. The molecule has 3 aromatic heterocycles. The van der Waals surface area contributed by atoms with Gasteiger partial charge in [-0.2, -0.15) is 5.10 Å². The van der Waals surface area contributed by atoms with Crippen molar-refractivity contribution in [1.82, 2.24) is 20.2 Å². The molecule has 8 nitrogen and oxygen atoms in total. The Bertz CT molecular complexity index is 1390. The second-order valence-electron chi connectivity index (χ2n) is 10.4. The SMILES string of the molecule is C[C@@H](Oc1ccc2[nH]nc(-c3ccc(N4CC(C)(OCC(C)(C)O)C4)nc3)c2c1)c1c(Cl)cncc1Cl. The number of pyridine rings is 2. The number of aliphatic hydroxyl groups is 1. The lowest BCUT2D eigenvalue weighted by molar-refractivity contribution is -0.110. The Morgan fingerprint density at radius 1 is 1.14 bits per heavy atom. The van der Waals surface area contributed by atoms with E-state index < -0.39 is 5.60 Å². The highest BCUT2D eigenvalue weighted by molar-refractivity contribution is 6.35. The molecule has 1 atom stereocenters. The number of hydrogen-bond acceptors (Lipinski definition) is 7. The molecule has 5 rings (SSSR count). The molecule has 1 fully saturated rings. The number of fused-ring (bicyclic) bond motifs is 1. The summed E-state index contributed by atoms with van der Waals surface area (Å²) in [6, 6.07) is 9.76. The van der Waals surface area contributed by atoms with Crippen molar-refractivity contribution in [3.63, 3.8) is 0 Å². The number of H-pyrrole nitrogens is 1. The van der Waals surface area contributed by atoms with E-state index in [1.54, 1.807) is 26.2 Å². The molecular formula is C27H29Cl2N5O3. The molecule has 0 unspecified atom stereocenters. The first-order valence-electron chi connectivity index (χ1n) is 12.0. The van der Waals surface area contributed by atoms with Gasteiger partial charge in [-0.1, -0.05) is 23.2 Å². The van der Waals surface area contributed by atoms with E-state index in [2.05, 4.69) is 32.0 Å². The molecule has 1 saturated heterocycles. The average Bonchev–Trinajstić information content (AvgIpc) is 3.24. The molecule has 0 aliphatic carbocycles. The van der Waals surface area contributed by atoms with Crippen LogP contribution < -0.4 is 9.64 Å². The Morgan fingerprint density at radius 2 is 1.86 bits per heavy atom. The van der Waals surface area contributed by atoms with Crippen LogP contribution >= 0.6 is 23.2 Å². The quantitative estimate of drug-likeness (QED) is 0.289. The van der Waals surface area contributed by atoms with E-state index in [4.69, 9.17) is 32.7 Å². The lowest BCUT2D eigenvalue weighted by Crippen LogP contribution is -2.62. The summed E-state index contributed by atoms with van der Waals surface area (Å²) in [6.07, 6.45) is 4.57. The number of aromatic amines is 1. The number of aromatic nitrogens is 4. The van der Waals surface area contributed by atoms with Gasteiger partial charge in [-0.05, 0) is 58.0 Å². The number of rotatable bonds is 8. The van der Waals surface area contributed by atoms with Gasteiger partial charge < -0.3 is 19.5 Å². The minimum Gasteiger partial charge on any atom is -0.486 e. The predicted octanol–water partition coefficient (Wildman–Crippen LogP) is 5.83. The van der Waals surface area contributed by atoms with Crippen LogP contribution in [0.25, 0.3) is 22.2 Å². The van der Waals surface area contributed by atoms with E-state index in [-0.39, 0.29) is 11.7 Å². The zero-order chi connectivity index (χ0) is 26.4. The monoisotopic (exact) mass is 541 g/mol. The lowest BCUT2D eigenvalue weighted by atomic mass is 9.96. The molecule has 1 aromatic carbocycles. The van der Waals surface area contributed by atoms with Crippen molar-refractivity contribution in [2.24, 2.45) is 0 Å². The van der Waals surface area contributed by atoms with Gasteiger partial charge in [0.05, 0.1) is 27.8 Å². The Balaban J connectivity index is 1.31. The first kappa shape index (κ1) is 25.7. The maximum Gasteiger partial charge on any atom is 0.128 e.